The van der Waals surface area contributed by atoms with Gasteiger partial charge >= 0.3 is 0 Å². The third-order valence-corrected chi connectivity index (χ3v) is 4.22. The SMILES string of the molecule is COc1ccc(CN(CC(=O)NCc2ccccc2)C(=O)c2ccco2)cc1. The molecular formula is C22H22N2O4. The Kier molecular flexibility index (Phi) is 6.46. The Morgan fingerprint density at radius 2 is 1.71 bits per heavy atom. The Morgan fingerprint density at radius 1 is 0.964 bits per heavy atom. The molecular weight excluding hydrogens is 356 g/mol. The number of methoxy groups -OCH3 is 1. The van der Waals surface area contributed by atoms with Gasteiger partial charge in [0.1, 0.15) is 12.3 Å². The normalized spacial score (nSPS) is 10.3. The third-order valence-electron chi connectivity index (χ3n) is 4.22. The minimum Gasteiger partial charge on any atom is -0.497 e. The molecule has 28 heavy (non-hydrogen) atoms. The molecule has 0 atom stereocenters. The van der Waals surface area contributed by atoms with Gasteiger partial charge in [-0.1, -0.05) is 42.5 Å². The number of hydrogen-bond donors (Lipinski definition) is 1. The lowest BCUT2D eigenvalue weighted by Crippen LogP contribution is -2.40. The van der Waals surface area contributed by atoms with Gasteiger partial charge in [0.05, 0.1) is 13.4 Å². The molecule has 1 N–H and O–H groups in total. The highest BCUT2D eigenvalue weighted by molar-refractivity contribution is 5.94. The summed E-state index contributed by atoms with van der Waals surface area (Å²) in [5, 5.41) is 2.85. The number of nitrogens with one attached hydrogen (secondary N) is 1. The van der Waals surface area contributed by atoms with Crippen LogP contribution >= 0.6 is 0 Å². The fourth-order valence-electron chi connectivity index (χ4n) is 2.73. The molecule has 0 aliphatic rings. The topological polar surface area (TPSA) is 71.8 Å². The van der Waals surface area contributed by atoms with Crippen molar-refractivity contribution in [2.45, 2.75) is 13.1 Å². The second kappa shape index (κ2) is 9.41. The van der Waals surface area contributed by atoms with Crippen molar-refractivity contribution in [2.75, 3.05) is 13.7 Å². The van der Waals surface area contributed by atoms with Gasteiger partial charge in [-0.3, -0.25) is 9.59 Å². The number of hydrogen-bond acceptors (Lipinski definition) is 4. The lowest BCUT2D eigenvalue weighted by Gasteiger charge is -2.21. The van der Waals surface area contributed by atoms with E-state index in [0.29, 0.717) is 6.54 Å². The van der Waals surface area contributed by atoms with Crippen molar-refractivity contribution in [3.8, 4) is 5.75 Å². The molecule has 6 nitrogen and oxygen atoms in total. The second-order valence-electron chi connectivity index (χ2n) is 6.25. The van der Waals surface area contributed by atoms with Crippen LogP contribution in [0.15, 0.2) is 77.4 Å². The van der Waals surface area contributed by atoms with Crippen LogP contribution in [0.5, 0.6) is 5.75 Å². The average molecular weight is 378 g/mol. The van der Waals surface area contributed by atoms with Gasteiger partial charge in [-0.05, 0) is 35.4 Å². The molecule has 0 spiro atoms. The molecule has 0 fully saturated rings. The van der Waals surface area contributed by atoms with Crippen LogP contribution in [0.4, 0.5) is 0 Å². The molecule has 3 rings (SSSR count). The Hall–Kier alpha value is -3.54. The lowest BCUT2D eigenvalue weighted by molar-refractivity contribution is -0.122. The Balaban J connectivity index is 1.68. The number of benzene rings is 2. The van der Waals surface area contributed by atoms with E-state index in [9.17, 15) is 9.59 Å². The molecule has 6 heteroatoms. The van der Waals surface area contributed by atoms with E-state index in [1.165, 1.54) is 11.2 Å². The van der Waals surface area contributed by atoms with Crippen molar-refractivity contribution in [3.05, 3.63) is 89.9 Å². The molecule has 3 aromatic rings. The number of carbonyl (C=O) groups excluding carboxylic acids is 2. The quantitative estimate of drug-likeness (QED) is 0.653. The molecule has 0 saturated heterocycles. The standard InChI is InChI=1S/C22H22N2O4/c1-27-19-11-9-18(10-12-19)15-24(22(26)20-8-5-13-28-20)16-21(25)23-14-17-6-3-2-4-7-17/h2-13H,14-16H2,1H3,(H,23,25). The summed E-state index contributed by atoms with van der Waals surface area (Å²) < 4.78 is 10.4. The zero-order valence-electron chi connectivity index (χ0n) is 15.6. The van der Waals surface area contributed by atoms with Crippen molar-refractivity contribution in [3.63, 3.8) is 0 Å². The minimum atomic E-state index is -0.337. The van der Waals surface area contributed by atoms with Crippen LogP contribution < -0.4 is 10.1 Å². The van der Waals surface area contributed by atoms with Gasteiger partial charge < -0.3 is 19.4 Å². The summed E-state index contributed by atoms with van der Waals surface area (Å²) in [6, 6.07) is 20.2. The highest BCUT2D eigenvalue weighted by Gasteiger charge is 2.21. The van der Waals surface area contributed by atoms with Gasteiger partial charge in [-0.25, -0.2) is 0 Å². The van der Waals surface area contributed by atoms with E-state index in [-0.39, 0.29) is 30.7 Å². The first kappa shape index (κ1) is 19.2. The van der Waals surface area contributed by atoms with E-state index < -0.39 is 0 Å². The molecule has 2 amide bonds. The molecule has 0 aliphatic heterocycles. The summed E-state index contributed by atoms with van der Waals surface area (Å²) in [6.07, 6.45) is 1.44. The van der Waals surface area contributed by atoms with Crippen molar-refractivity contribution in [1.29, 1.82) is 0 Å². The predicted octanol–water partition coefficient (Wildman–Crippen LogP) is 3.25. The smallest absolute Gasteiger partial charge is 0.290 e. The maximum atomic E-state index is 12.8. The fourth-order valence-corrected chi connectivity index (χ4v) is 2.73. The largest absolute Gasteiger partial charge is 0.497 e. The summed E-state index contributed by atoms with van der Waals surface area (Å²) in [7, 11) is 1.60. The fraction of sp³-hybridized carbons (Fsp3) is 0.182. The lowest BCUT2D eigenvalue weighted by atomic mass is 10.2. The Bertz CT molecular complexity index is 890. The van der Waals surface area contributed by atoms with Crippen LogP contribution in [0.2, 0.25) is 0 Å². The van der Waals surface area contributed by atoms with E-state index in [0.717, 1.165) is 16.9 Å². The third kappa shape index (κ3) is 5.23. The number of nitrogens with zero attached hydrogens (tertiary/aromatic N) is 1. The molecule has 2 aromatic carbocycles. The van der Waals surface area contributed by atoms with Crippen LogP contribution in [0.25, 0.3) is 0 Å². The van der Waals surface area contributed by atoms with E-state index in [1.54, 1.807) is 19.2 Å². The van der Waals surface area contributed by atoms with Gasteiger partial charge in [0.15, 0.2) is 5.76 Å². The molecule has 1 heterocycles. The predicted molar refractivity (Wildman–Crippen MR) is 105 cm³/mol. The second-order valence-corrected chi connectivity index (χ2v) is 6.25. The first-order chi connectivity index (χ1) is 13.7. The van der Waals surface area contributed by atoms with Crippen LogP contribution in [0, 0.1) is 0 Å². The minimum absolute atomic E-state index is 0.0710. The van der Waals surface area contributed by atoms with Crippen molar-refractivity contribution in [2.24, 2.45) is 0 Å². The van der Waals surface area contributed by atoms with Gasteiger partial charge in [-0.2, -0.15) is 0 Å². The molecule has 1 aromatic heterocycles. The van der Waals surface area contributed by atoms with Crippen molar-refractivity contribution >= 4 is 11.8 Å². The maximum absolute atomic E-state index is 12.8. The van der Waals surface area contributed by atoms with E-state index in [1.807, 2.05) is 54.6 Å². The molecule has 0 bridgehead atoms. The number of amides is 2. The van der Waals surface area contributed by atoms with Crippen molar-refractivity contribution in [1.82, 2.24) is 10.2 Å². The van der Waals surface area contributed by atoms with Gasteiger partial charge in [0, 0.05) is 13.1 Å². The maximum Gasteiger partial charge on any atom is 0.290 e. The van der Waals surface area contributed by atoms with E-state index >= 15 is 0 Å². The van der Waals surface area contributed by atoms with Gasteiger partial charge in [0.2, 0.25) is 5.91 Å². The first-order valence-corrected chi connectivity index (χ1v) is 8.92. The molecule has 0 unspecified atom stereocenters. The van der Waals surface area contributed by atoms with E-state index in [2.05, 4.69) is 5.32 Å². The summed E-state index contributed by atoms with van der Waals surface area (Å²) in [6.45, 7) is 0.617. The average Bonchev–Trinajstić information content (AvgIpc) is 3.27. The molecule has 144 valence electrons. The zero-order chi connectivity index (χ0) is 19.8. The molecule has 0 radical (unpaired) electrons. The Labute approximate surface area is 163 Å². The monoisotopic (exact) mass is 378 g/mol. The number of rotatable bonds is 8. The van der Waals surface area contributed by atoms with Crippen LogP contribution in [-0.4, -0.2) is 30.4 Å². The number of furan rings is 1. The summed E-state index contributed by atoms with van der Waals surface area (Å²) >= 11 is 0. The van der Waals surface area contributed by atoms with Crippen LogP contribution in [0.1, 0.15) is 21.7 Å². The van der Waals surface area contributed by atoms with Crippen LogP contribution in [0.3, 0.4) is 0 Å². The Morgan fingerprint density at radius 3 is 2.36 bits per heavy atom. The molecule has 0 saturated carbocycles. The van der Waals surface area contributed by atoms with Gasteiger partial charge in [-0.15, -0.1) is 0 Å². The highest BCUT2D eigenvalue weighted by atomic mass is 16.5. The first-order valence-electron chi connectivity index (χ1n) is 8.92. The number of ether oxygens (including phenoxy) is 1. The number of carbonyl (C=O) groups is 2. The van der Waals surface area contributed by atoms with Crippen molar-refractivity contribution < 1.29 is 18.7 Å². The summed E-state index contributed by atoms with van der Waals surface area (Å²) in [5.41, 5.74) is 1.88. The highest BCUT2D eigenvalue weighted by Crippen LogP contribution is 2.15. The van der Waals surface area contributed by atoms with E-state index in [4.69, 9.17) is 9.15 Å². The zero-order valence-corrected chi connectivity index (χ0v) is 15.6. The van der Waals surface area contributed by atoms with Gasteiger partial charge in [0.25, 0.3) is 5.91 Å². The summed E-state index contributed by atoms with van der Waals surface area (Å²) in [5.74, 6) is 0.352. The molecule has 0 aliphatic carbocycles. The van der Waals surface area contributed by atoms with Crippen LogP contribution in [-0.2, 0) is 17.9 Å². The summed E-state index contributed by atoms with van der Waals surface area (Å²) in [4.78, 5) is 26.7.